The van der Waals surface area contributed by atoms with Crippen molar-refractivity contribution in [3.63, 3.8) is 0 Å². The molecule has 1 aliphatic rings. The summed E-state index contributed by atoms with van der Waals surface area (Å²) in [6.07, 6.45) is 1.86. The molecule has 1 atom stereocenters. The van der Waals surface area contributed by atoms with Gasteiger partial charge < -0.3 is 10.2 Å². The number of piperidine rings is 1. The molecule has 2 amide bonds. The minimum absolute atomic E-state index is 0.344. The predicted molar refractivity (Wildman–Crippen MR) is 72.0 cm³/mol. The molecule has 0 spiro atoms. The van der Waals surface area contributed by atoms with E-state index in [-0.39, 0.29) is 0 Å². The number of hydrogen-bond acceptors (Lipinski definition) is 3. The average molecular weight is 299 g/mol. The van der Waals surface area contributed by atoms with Gasteiger partial charge >= 0.3 is 11.7 Å². The first-order valence-corrected chi connectivity index (χ1v) is 6.58. The first-order chi connectivity index (χ1) is 9.88. The van der Waals surface area contributed by atoms with Crippen LogP contribution in [0.5, 0.6) is 0 Å². The lowest BCUT2D eigenvalue weighted by Gasteiger charge is -2.30. The molecule has 1 aromatic rings. The maximum absolute atomic E-state index is 13.6. The van der Waals surface area contributed by atoms with Crippen LogP contribution in [0.1, 0.15) is 19.8 Å². The Bertz CT molecular complexity index is 580. The van der Waals surface area contributed by atoms with Gasteiger partial charge in [-0.1, -0.05) is 6.92 Å². The molecule has 0 bridgehead atoms. The summed E-state index contributed by atoms with van der Waals surface area (Å²) >= 11 is 0. The second-order valence-electron chi connectivity index (χ2n) is 5.16. The summed E-state index contributed by atoms with van der Waals surface area (Å²) in [5.41, 5.74) is -1.27. The summed E-state index contributed by atoms with van der Waals surface area (Å²) in [6, 6.07) is 0.545. The van der Waals surface area contributed by atoms with Gasteiger partial charge in [0.25, 0.3) is 0 Å². The van der Waals surface area contributed by atoms with Gasteiger partial charge in [0.2, 0.25) is 5.82 Å². The number of nitro benzene ring substituents is 1. The van der Waals surface area contributed by atoms with E-state index in [9.17, 15) is 23.7 Å². The van der Waals surface area contributed by atoms with Crippen LogP contribution < -0.4 is 5.32 Å². The highest BCUT2D eigenvalue weighted by atomic mass is 19.1. The maximum atomic E-state index is 13.6. The lowest BCUT2D eigenvalue weighted by atomic mass is 10.0. The van der Waals surface area contributed by atoms with Crippen LogP contribution in [-0.2, 0) is 0 Å². The molecule has 114 valence electrons. The number of nitrogens with zero attached hydrogens (tertiary/aromatic N) is 2. The highest BCUT2D eigenvalue weighted by Gasteiger charge is 2.24. The Labute approximate surface area is 119 Å². The lowest BCUT2D eigenvalue weighted by Crippen LogP contribution is -2.41. The Hall–Kier alpha value is -2.25. The topological polar surface area (TPSA) is 75.5 Å². The monoisotopic (exact) mass is 299 g/mol. The van der Waals surface area contributed by atoms with E-state index in [1.807, 2.05) is 6.92 Å². The Balaban J connectivity index is 2.17. The van der Waals surface area contributed by atoms with E-state index < -0.39 is 34.0 Å². The molecule has 1 aromatic carbocycles. The number of anilines is 1. The van der Waals surface area contributed by atoms with Gasteiger partial charge in [0.05, 0.1) is 10.6 Å². The Kier molecular flexibility index (Phi) is 4.35. The molecule has 1 heterocycles. The van der Waals surface area contributed by atoms with E-state index in [0.29, 0.717) is 31.1 Å². The molecule has 1 unspecified atom stereocenters. The van der Waals surface area contributed by atoms with Crippen molar-refractivity contribution in [3.8, 4) is 0 Å². The lowest BCUT2D eigenvalue weighted by molar-refractivity contribution is -0.387. The minimum atomic E-state index is -1.28. The second kappa shape index (κ2) is 6.02. The molecule has 1 N–H and O–H groups in total. The van der Waals surface area contributed by atoms with E-state index in [4.69, 9.17) is 0 Å². The van der Waals surface area contributed by atoms with E-state index in [2.05, 4.69) is 5.32 Å². The second-order valence-corrected chi connectivity index (χ2v) is 5.16. The zero-order valence-corrected chi connectivity index (χ0v) is 11.4. The first-order valence-electron chi connectivity index (χ1n) is 6.58. The number of hydrogen-bond donors (Lipinski definition) is 1. The molecule has 6 nitrogen and oxygen atoms in total. The van der Waals surface area contributed by atoms with Crippen molar-refractivity contribution in [2.45, 2.75) is 19.8 Å². The van der Waals surface area contributed by atoms with Gasteiger partial charge in [-0.15, -0.1) is 0 Å². The van der Waals surface area contributed by atoms with E-state index in [0.717, 1.165) is 12.8 Å². The smallest absolute Gasteiger partial charge is 0.321 e. The molecule has 0 saturated carbocycles. The highest BCUT2D eigenvalue weighted by Crippen LogP contribution is 2.26. The average Bonchev–Trinajstić information content (AvgIpc) is 2.41. The van der Waals surface area contributed by atoms with Crippen LogP contribution in [0.25, 0.3) is 0 Å². The summed E-state index contributed by atoms with van der Waals surface area (Å²) in [5.74, 6) is -1.98. The number of halogens is 2. The van der Waals surface area contributed by atoms with E-state index in [1.165, 1.54) is 4.90 Å². The van der Waals surface area contributed by atoms with Crippen molar-refractivity contribution in [1.29, 1.82) is 0 Å². The minimum Gasteiger partial charge on any atom is -0.324 e. The molecule has 8 heteroatoms. The third kappa shape index (κ3) is 3.45. The Morgan fingerprint density at radius 1 is 1.43 bits per heavy atom. The van der Waals surface area contributed by atoms with Gasteiger partial charge in [-0.3, -0.25) is 10.1 Å². The predicted octanol–water partition coefficient (Wildman–Crippen LogP) is 3.14. The number of likely N-dealkylation sites (tertiary alicyclic amines) is 1. The fourth-order valence-electron chi connectivity index (χ4n) is 2.34. The summed E-state index contributed by atoms with van der Waals surface area (Å²) in [5, 5.41) is 12.9. The number of rotatable bonds is 2. The maximum Gasteiger partial charge on any atom is 0.321 e. The molecular weight excluding hydrogens is 284 g/mol. The van der Waals surface area contributed by atoms with Crippen LogP contribution in [0, 0.1) is 27.7 Å². The quantitative estimate of drug-likeness (QED) is 0.673. The number of benzene rings is 1. The highest BCUT2D eigenvalue weighted by molar-refractivity contribution is 5.90. The number of amides is 2. The fourth-order valence-corrected chi connectivity index (χ4v) is 2.34. The molecular formula is C13H15F2N3O3. The molecule has 0 aromatic heterocycles. The molecule has 1 saturated heterocycles. The molecule has 2 rings (SSSR count). The summed E-state index contributed by atoms with van der Waals surface area (Å²) in [7, 11) is 0. The van der Waals surface area contributed by atoms with Crippen molar-refractivity contribution in [3.05, 3.63) is 33.9 Å². The van der Waals surface area contributed by atoms with Crippen LogP contribution >= 0.6 is 0 Å². The van der Waals surface area contributed by atoms with Gasteiger partial charge in [0.1, 0.15) is 5.82 Å². The largest absolute Gasteiger partial charge is 0.324 e. The molecule has 1 aliphatic heterocycles. The molecule has 0 aliphatic carbocycles. The summed E-state index contributed by atoms with van der Waals surface area (Å²) in [4.78, 5) is 23.2. The Morgan fingerprint density at radius 3 is 2.76 bits per heavy atom. The fraction of sp³-hybridized carbons (Fsp3) is 0.462. The van der Waals surface area contributed by atoms with Crippen LogP contribution in [0.3, 0.4) is 0 Å². The van der Waals surface area contributed by atoms with Crippen molar-refractivity contribution in [2.75, 3.05) is 18.4 Å². The molecule has 0 radical (unpaired) electrons. The number of nitro groups is 1. The van der Waals surface area contributed by atoms with Crippen LogP contribution in [-0.4, -0.2) is 28.9 Å². The van der Waals surface area contributed by atoms with Gasteiger partial charge in [-0.05, 0) is 18.8 Å². The SMILES string of the molecule is CC1CCCN(C(=O)Nc2cc([N+](=O)[O-])c(F)cc2F)C1. The standard InChI is InChI=1S/C13H15F2N3O3/c1-8-3-2-4-17(7-8)13(19)16-11-6-12(18(20)21)10(15)5-9(11)14/h5-6,8H,2-4,7H2,1H3,(H,16,19). The Morgan fingerprint density at radius 2 is 2.14 bits per heavy atom. The van der Waals surface area contributed by atoms with Gasteiger partial charge in [-0.2, -0.15) is 4.39 Å². The first kappa shape index (κ1) is 15.1. The zero-order valence-electron chi connectivity index (χ0n) is 11.4. The normalized spacial score (nSPS) is 18.4. The zero-order chi connectivity index (χ0) is 15.6. The third-order valence-electron chi connectivity index (χ3n) is 3.42. The van der Waals surface area contributed by atoms with E-state index >= 15 is 0 Å². The third-order valence-corrected chi connectivity index (χ3v) is 3.42. The van der Waals surface area contributed by atoms with Crippen LogP contribution in [0.15, 0.2) is 12.1 Å². The van der Waals surface area contributed by atoms with Crippen molar-refractivity contribution >= 4 is 17.4 Å². The van der Waals surface area contributed by atoms with Crippen molar-refractivity contribution < 1.29 is 18.5 Å². The van der Waals surface area contributed by atoms with Gasteiger partial charge in [-0.25, -0.2) is 9.18 Å². The van der Waals surface area contributed by atoms with Gasteiger partial charge in [0.15, 0.2) is 0 Å². The van der Waals surface area contributed by atoms with Crippen LogP contribution in [0.4, 0.5) is 25.0 Å². The number of carbonyl (C=O) groups is 1. The van der Waals surface area contributed by atoms with Crippen molar-refractivity contribution in [2.24, 2.45) is 5.92 Å². The molecule has 1 fully saturated rings. The number of nitrogens with one attached hydrogen (secondary N) is 1. The van der Waals surface area contributed by atoms with Gasteiger partial charge in [0, 0.05) is 25.2 Å². The molecule has 21 heavy (non-hydrogen) atoms. The number of carbonyl (C=O) groups excluding carboxylic acids is 1. The van der Waals surface area contributed by atoms with Crippen molar-refractivity contribution in [1.82, 2.24) is 4.90 Å². The van der Waals surface area contributed by atoms with Crippen LogP contribution in [0.2, 0.25) is 0 Å². The number of urea groups is 1. The van der Waals surface area contributed by atoms with E-state index in [1.54, 1.807) is 0 Å². The summed E-state index contributed by atoms with van der Waals surface area (Å²) < 4.78 is 26.8. The summed E-state index contributed by atoms with van der Waals surface area (Å²) in [6.45, 7) is 3.08.